The van der Waals surface area contributed by atoms with Crippen LogP contribution in [0.5, 0.6) is 11.5 Å². The van der Waals surface area contributed by atoms with Gasteiger partial charge in [0.05, 0.1) is 20.8 Å². The zero-order valence-electron chi connectivity index (χ0n) is 16.6. The van der Waals surface area contributed by atoms with Gasteiger partial charge in [-0.15, -0.1) is 0 Å². The number of rotatable bonds is 6. The summed E-state index contributed by atoms with van der Waals surface area (Å²) in [5.41, 5.74) is 2.02. The SMILES string of the molecule is CCOC(=O)[C@@H]1C(=O)C=C(c2ccc(OC)cc2OC)C[C@@H]1c1cccc(F)c1. The Labute approximate surface area is 169 Å². The van der Waals surface area contributed by atoms with E-state index in [0.29, 0.717) is 29.1 Å². The molecule has 0 amide bonds. The predicted molar refractivity (Wildman–Crippen MR) is 106 cm³/mol. The van der Waals surface area contributed by atoms with E-state index in [1.165, 1.54) is 25.3 Å². The molecule has 0 heterocycles. The van der Waals surface area contributed by atoms with Crippen LogP contribution in [0.1, 0.15) is 30.4 Å². The van der Waals surface area contributed by atoms with Crippen LogP contribution in [-0.2, 0) is 14.3 Å². The van der Waals surface area contributed by atoms with Gasteiger partial charge in [0.2, 0.25) is 0 Å². The Hall–Kier alpha value is -3.15. The number of esters is 1. The van der Waals surface area contributed by atoms with E-state index in [2.05, 4.69) is 0 Å². The number of hydrogen-bond acceptors (Lipinski definition) is 5. The standard InChI is InChI=1S/C23H23FO5/c1-4-29-23(26)22-19(14-6-5-7-16(24)10-14)11-15(12-20(22)25)18-9-8-17(27-2)13-21(18)28-3/h5-10,12-13,19,22H,4,11H2,1-3H3/t19-,22+/m1/s1. The van der Waals surface area contributed by atoms with Crippen molar-refractivity contribution in [1.82, 2.24) is 0 Å². The van der Waals surface area contributed by atoms with Gasteiger partial charge < -0.3 is 14.2 Å². The van der Waals surface area contributed by atoms with Crippen molar-refractivity contribution in [1.29, 1.82) is 0 Å². The zero-order chi connectivity index (χ0) is 21.0. The molecule has 0 spiro atoms. The van der Waals surface area contributed by atoms with Gasteiger partial charge in [-0.25, -0.2) is 4.39 Å². The fraction of sp³-hybridized carbons (Fsp3) is 0.304. The molecule has 0 radical (unpaired) electrons. The van der Waals surface area contributed by atoms with Crippen molar-refractivity contribution in [2.24, 2.45) is 5.92 Å². The summed E-state index contributed by atoms with van der Waals surface area (Å²) in [6.07, 6.45) is 1.82. The summed E-state index contributed by atoms with van der Waals surface area (Å²) in [4.78, 5) is 25.5. The maximum Gasteiger partial charge on any atom is 0.317 e. The van der Waals surface area contributed by atoms with Gasteiger partial charge in [0.15, 0.2) is 5.78 Å². The van der Waals surface area contributed by atoms with Crippen LogP contribution in [0.4, 0.5) is 4.39 Å². The molecule has 0 bridgehead atoms. The van der Waals surface area contributed by atoms with Crippen LogP contribution < -0.4 is 9.47 Å². The van der Waals surface area contributed by atoms with Gasteiger partial charge in [0.1, 0.15) is 23.2 Å². The minimum atomic E-state index is -1.01. The van der Waals surface area contributed by atoms with Crippen LogP contribution in [0, 0.1) is 11.7 Å². The number of ketones is 1. The van der Waals surface area contributed by atoms with Crippen LogP contribution in [0.15, 0.2) is 48.5 Å². The summed E-state index contributed by atoms with van der Waals surface area (Å²) >= 11 is 0. The molecule has 0 saturated heterocycles. The third-order valence-corrected chi connectivity index (χ3v) is 5.04. The number of ether oxygens (including phenoxy) is 3. The number of allylic oxidation sites excluding steroid dienone is 2. The fourth-order valence-corrected chi connectivity index (χ4v) is 3.68. The number of carbonyl (C=O) groups is 2. The molecule has 0 fully saturated rings. The molecule has 2 aromatic carbocycles. The molecule has 0 N–H and O–H groups in total. The second kappa shape index (κ2) is 8.90. The van der Waals surface area contributed by atoms with Crippen molar-refractivity contribution in [3.05, 3.63) is 65.5 Å². The molecular weight excluding hydrogens is 375 g/mol. The minimum absolute atomic E-state index is 0.168. The van der Waals surface area contributed by atoms with Gasteiger partial charge >= 0.3 is 5.97 Å². The van der Waals surface area contributed by atoms with E-state index in [0.717, 1.165) is 5.56 Å². The zero-order valence-corrected chi connectivity index (χ0v) is 16.6. The lowest BCUT2D eigenvalue weighted by atomic mass is 9.73. The van der Waals surface area contributed by atoms with Crippen molar-refractivity contribution in [2.45, 2.75) is 19.3 Å². The van der Waals surface area contributed by atoms with Gasteiger partial charge in [-0.1, -0.05) is 12.1 Å². The van der Waals surface area contributed by atoms with Crippen molar-refractivity contribution in [3.63, 3.8) is 0 Å². The van der Waals surface area contributed by atoms with E-state index in [4.69, 9.17) is 14.2 Å². The molecule has 6 heteroatoms. The molecule has 152 valence electrons. The van der Waals surface area contributed by atoms with E-state index in [-0.39, 0.29) is 12.4 Å². The van der Waals surface area contributed by atoms with Crippen molar-refractivity contribution in [2.75, 3.05) is 20.8 Å². The summed E-state index contributed by atoms with van der Waals surface area (Å²) in [5.74, 6) is -1.75. The Morgan fingerprint density at radius 2 is 1.93 bits per heavy atom. The molecule has 0 aromatic heterocycles. The highest BCUT2D eigenvalue weighted by atomic mass is 19.1. The third kappa shape index (κ3) is 4.31. The second-order valence-corrected chi connectivity index (χ2v) is 6.73. The van der Waals surface area contributed by atoms with Gasteiger partial charge in [-0.2, -0.15) is 0 Å². The van der Waals surface area contributed by atoms with Gasteiger partial charge in [0, 0.05) is 17.5 Å². The molecule has 0 saturated carbocycles. The second-order valence-electron chi connectivity index (χ2n) is 6.73. The number of benzene rings is 2. The highest BCUT2D eigenvalue weighted by molar-refractivity contribution is 6.11. The Kier molecular flexibility index (Phi) is 6.32. The average molecular weight is 398 g/mol. The first kappa shape index (κ1) is 20.6. The summed E-state index contributed by atoms with van der Waals surface area (Å²) in [5, 5.41) is 0. The van der Waals surface area contributed by atoms with Crippen LogP contribution in [0.3, 0.4) is 0 Å². The summed E-state index contributed by atoms with van der Waals surface area (Å²) in [7, 11) is 3.09. The van der Waals surface area contributed by atoms with E-state index in [1.807, 2.05) is 6.07 Å². The summed E-state index contributed by atoms with van der Waals surface area (Å²) in [6, 6.07) is 11.3. The molecule has 2 aromatic rings. The first-order chi connectivity index (χ1) is 14.0. The number of hydrogen-bond donors (Lipinski definition) is 0. The lowest BCUT2D eigenvalue weighted by Gasteiger charge is -2.30. The first-order valence-corrected chi connectivity index (χ1v) is 9.37. The largest absolute Gasteiger partial charge is 0.497 e. The van der Waals surface area contributed by atoms with Crippen LogP contribution in [0.25, 0.3) is 5.57 Å². The minimum Gasteiger partial charge on any atom is -0.497 e. The molecule has 5 nitrogen and oxygen atoms in total. The van der Waals surface area contributed by atoms with Gasteiger partial charge in [-0.05, 0) is 54.8 Å². The van der Waals surface area contributed by atoms with E-state index >= 15 is 0 Å². The predicted octanol–water partition coefficient (Wildman–Crippen LogP) is 4.16. The number of halogens is 1. The first-order valence-electron chi connectivity index (χ1n) is 9.37. The molecular formula is C23H23FO5. The molecule has 0 aliphatic heterocycles. The van der Waals surface area contributed by atoms with E-state index < -0.39 is 23.6 Å². The summed E-state index contributed by atoms with van der Waals surface area (Å²) < 4.78 is 29.7. The monoisotopic (exact) mass is 398 g/mol. The topological polar surface area (TPSA) is 61.8 Å². The smallest absolute Gasteiger partial charge is 0.317 e. The van der Waals surface area contributed by atoms with Crippen LogP contribution in [0.2, 0.25) is 0 Å². The molecule has 1 aliphatic rings. The van der Waals surface area contributed by atoms with Crippen LogP contribution in [-0.4, -0.2) is 32.6 Å². The van der Waals surface area contributed by atoms with E-state index in [1.54, 1.807) is 38.3 Å². The quantitative estimate of drug-likeness (QED) is 0.540. The maximum atomic E-state index is 13.9. The van der Waals surface area contributed by atoms with E-state index in [9.17, 15) is 14.0 Å². The number of methoxy groups -OCH3 is 2. The van der Waals surface area contributed by atoms with Crippen molar-refractivity contribution >= 4 is 17.3 Å². The molecule has 0 unspecified atom stereocenters. The Morgan fingerprint density at radius 1 is 1.14 bits per heavy atom. The average Bonchev–Trinajstić information content (AvgIpc) is 2.72. The lowest BCUT2D eigenvalue weighted by molar-refractivity contribution is -0.151. The van der Waals surface area contributed by atoms with Crippen LogP contribution >= 0.6 is 0 Å². The van der Waals surface area contributed by atoms with Gasteiger partial charge in [0.25, 0.3) is 0 Å². The van der Waals surface area contributed by atoms with Crippen molar-refractivity contribution < 1.29 is 28.2 Å². The molecule has 2 atom stereocenters. The molecule has 1 aliphatic carbocycles. The van der Waals surface area contributed by atoms with Gasteiger partial charge in [-0.3, -0.25) is 9.59 Å². The third-order valence-electron chi connectivity index (χ3n) is 5.04. The summed E-state index contributed by atoms with van der Waals surface area (Å²) in [6.45, 7) is 1.85. The Morgan fingerprint density at radius 3 is 2.59 bits per heavy atom. The number of carbonyl (C=O) groups excluding carboxylic acids is 2. The molecule has 29 heavy (non-hydrogen) atoms. The highest BCUT2D eigenvalue weighted by Crippen LogP contribution is 2.43. The Balaban J connectivity index is 2.07. The van der Waals surface area contributed by atoms with Crippen molar-refractivity contribution in [3.8, 4) is 11.5 Å². The lowest BCUT2D eigenvalue weighted by Crippen LogP contribution is -2.34. The normalized spacial score (nSPS) is 18.8. The Bertz CT molecular complexity index is 950. The molecule has 3 rings (SSSR count). The maximum absolute atomic E-state index is 13.9. The fourth-order valence-electron chi connectivity index (χ4n) is 3.68. The highest BCUT2D eigenvalue weighted by Gasteiger charge is 2.40.